The molecule has 1 saturated heterocycles. The monoisotopic (exact) mass is 309 g/mol. The van der Waals surface area contributed by atoms with E-state index in [1.54, 1.807) is 13.1 Å². The number of hydrogen-bond donors (Lipinski definition) is 1. The normalized spacial score (nSPS) is 21.8. The standard InChI is InChI=1S/C15H23N3O4/c1-9-16-7-11(13(17-9)21-5)12-6-10(19)8-18(12)14(20)22-15(2,3)4/h7,10,12,19H,6,8H2,1-5H3/t10-,12?/m1/s1. The van der Waals surface area contributed by atoms with E-state index in [-0.39, 0.29) is 12.6 Å². The van der Waals surface area contributed by atoms with Crippen LogP contribution in [0, 0.1) is 6.92 Å². The summed E-state index contributed by atoms with van der Waals surface area (Å²) >= 11 is 0. The quantitative estimate of drug-likeness (QED) is 0.897. The summed E-state index contributed by atoms with van der Waals surface area (Å²) in [6, 6.07) is -0.361. The average molecular weight is 309 g/mol. The van der Waals surface area contributed by atoms with Crippen LogP contribution in [0.5, 0.6) is 5.88 Å². The van der Waals surface area contributed by atoms with Crippen LogP contribution in [0.1, 0.15) is 44.6 Å². The van der Waals surface area contributed by atoms with Gasteiger partial charge in [0.15, 0.2) is 0 Å². The lowest BCUT2D eigenvalue weighted by atomic mass is 10.1. The fraction of sp³-hybridized carbons (Fsp3) is 0.667. The van der Waals surface area contributed by atoms with Crippen molar-refractivity contribution in [3.63, 3.8) is 0 Å². The molecule has 1 aliphatic rings. The Morgan fingerprint density at radius 1 is 1.45 bits per heavy atom. The van der Waals surface area contributed by atoms with E-state index in [9.17, 15) is 9.90 Å². The largest absolute Gasteiger partial charge is 0.481 e. The van der Waals surface area contributed by atoms with Crippen molar-refractivity contribution in [2.75, 3.05) is 13.7 Å². The van der Waals surface area contributed by atoms with Crippen LogP contribution >= 0.6 is 0 Å². The number of aliphatic hydroxyl groups excluding tert-OH is 1. The summed E-state index contributed by atoms with van der Waals surface area (Å²) < 4.78 is 10.7. The molecule has 1 N–H and O–H groups in total. The molecule has 2 rings (SSSR count). The molecule has 7 nitrogen and oxygen atoms in total. The van der Waals surface area contributed by atoms with Crippen LogP contribution in [-0.4, -0.2) is 51.4 Å². The number of carbonyl (C=O) groups excluding carboxylic acids is 1. The van der Waals surface area contributed by atoms with Crippen LogP contribution in [0.4, 0.5) is 4.79 Å². The zero-order valence-electron chi connectivity index (χ0n) is 13.7. The Morgan fingerprint density at radius 2 is 2.14 bits per heavy atom. The summed E-state index contributed by atoms with van der Waals surface area (Å²) in [4.78, 5) is 22.3. The summed E-state index contributed by atoms with van der Waals surface area (Å²) in [5.41, 5.74) is 0.0822. The number of nitrogens with zero attached hydrogens (tertiary/aromatic N) is 3. The van der Waals surface area contributed by atoms with Gasteiger partial charge in [-0.15, -0.1) is 0 Å². The Morgan fingerprint density at radius 3 is 2.73 bits per heavy atom. The zero-order valence-corrected chi connectivity index (χ0v) is 13.7. The summed E-state index contributed by atoms with van der Waals surface area (Å²) in [7, 11) is 1.52. The van der Waals surface area contributed by atoms with Crippen LogP contribution in [0.15, 0.2) is 6.20 Å². The minimum absolute atomic E-state index is 0.219. The van der Waals surface area contributed by atoms with Crippen LogP contribution in [-0.2, 0) is 4.74 Å². The van der Waals surface area contributed by atoms with Crippen molar-refractivity contribution in [1.82, 2.24) is 14.9 Å². The van der Waals surface area contributed by atoms with Gasteiger partial charge in [-0.3, -0.25) is 4.90 Å². The SMILES string of the molecule is COc1nc(C)ncc1C1C[C@@H](O)CN1C(=O)OC(C)(C)C. The van der Waals surface area contributed by atoms with E-state index in [4.69, 9.17) is 9.47 Å². The van der Waals surface area contributed by atoms with Crippen molar-refractivity contribution >= 4 is 6.09 Å². The number of amides is 1. The second-order valence-corrected chi connectivity index (χ2v) is 6.42. The molecule has 0 aromatic carbocycles. The smallest absolute Gasteiger partial charge is 0.410 e. The molecule has 1 aromatic rings. The van der Waals surface area contributed by atoms with Gasteiger partial charge in [0.25, 0.3) is 0 Å². The van der Waals surface area contributed by atoms with Crippen LogP contribution in [0.2, 0.25) is 0 Å². The highest BCUT2D eigenvalue weighted by molar-refractivity contribution is 5.69. The highest BCUT2D eigenvalue weighted by Crippen LogP contribution is 2.36. The molecule has 1 aromatic heterocycles. The summed E-state index contributed by atoms with van der Waals surface area (Å²) in [5, 5.41) is 9.97. The first-order valence-electron chi connectivity index (χ1n) is 7.26. The van der Waals surface area contributed by atoms with E-state index >= 15 is 0 Å². The maximum absolute atomic E-state index is 12.4. The van der Waals surface area contributed by atoms with Gasteiger partial charge in [-0.05, 0) is 27.7 Å². The molecule has 22 heavy (non-hydrogen) atoms. The van der Waals surface area contributed by atoms with Crippen molar-refractivity contribution in [2.24, 2.45) is 0 Å². The van der Waals surface area contributed by atoms with Crippen molar-refractivity contribution in [3.05, 3.63) is 17.6 Å². The first-order chi connectivity index (χ1) is 10.2. The molecular formula is C15H23N3O4. The molecule has 0 spiro atoms. The number of hydrogen-bond acceptors (Lipinski definition) is 6. The van der Waals surface area contributed by atoms with Crippen molar-refractivity contribution in [3.8, 4) is 5.88 Å². The minimum atomic E-state index is -0.608. The lowest BCUT2D eigenvalue weighted by Crippen LogP contribution is -2.37. The molecule has 2 heterocycles. The number of likely N-dealkylation sites (tertiary alicyclic amines) is 1. The van der Waals surface area contributed by atoms with Gasteiger partial charge in [-0.2, -0.15) is 4.98 Å². The van der Waals surface area contributed by atoms with Gasteiger partial charge in [-0.1, -0.05) is 0 Å². The number of carbonyl (C=O) groups is 1. The fourth-order valence-electron chi connectivity index (χ4n) is 2.48. The van der Waals surface area contributed by atoms with Crippen LogP contribution < -0.4 is 4.74 Å². The molecule has 0 saturated carbocycles. The first-order valence-corrected chi connectivity index (χ1v) is 7.26. The molecule has 0 radical (unpaired) electrons. The molecular weight excluding hydrogens is 286 g/mol. The molecule has 1 amide bonds. The number of ether oxygens (including phenoxy) is 2. The van der Waals surface area contributed by atoms with E-state index in [1.807, 2.05) is 20.8 Å². The molecule has 2 atom stereocenters. The Hall–Kier alpha value is -1.89. The highest BCUT2D eigenvalue weighted by atomic mass is 16.6. The van der Waals surface area contributed by atoms with Gasteiger partial charge < -0.3 is 14.6 Å². The molecule has 0 aliphatic carbocycles. The Labute approximate surface area is 130 Å². The number of aliphatic hydroxyl groups is 1. The molecule has 1 unspecified atom stereocenters. The average Bonchev–Trinajstić information content (AvgIpc) is 2.78. The van der Waals surface area contributed by atoms with Crippen molar-refractivity contribution in [2.45, 2.75) is 51.9 Å². The molecule has 0 bridgehead atoms. The van der Waals surface area contributed by atoms with Crippen LogP contribution in [0.3, 0.4) is 0 Å². The van der Waals surface area contributed by atoms with Crippen molar-refractivity contribution in [1.29, 1.82) is 0 Å². The van der Waals surface area contributed by atoms with Gasteiger partial charge in [0.05, 0.1) is 31.4 Å². The van der Waals surface area contributed by atoms with Gasteiger partial charge in [-0.25, -0.2) is 9.78 Å². The maximum atomic E-state index is 12.4. The van der Waals surface area contributed by atoms with Gasteiger partial charge in [0.2, 0.25) is 5.88 Å². The van der Waals surface area contributed by atoms with E-state index in [1.165, 1.54) is 12.0 Å². The molecule has 7 heteroatoms. The topological polar surface area (TPSA) is 84.8 Å². The van der Waals surface area contributed by atoms with Crippen LogP contribution in [0.25, 0.3) is 0 Å². The second-order valence-electron chi connectivity index (χ2n) is 6.42. The molecule has 1 aliphatic heterocycles. The predicted molar refractivity (Wildman–Crippen MR) is 79.6 cm³/mol. The maximum Gasteiger partial charge on any atom is 0.410 e. The zero-order chi connectivity index (χ0) is 16.5. The fourth-order valence-corrected chi connectivity index (χ4v) is 2.48. The third-order valence-electron chi connectivity index (χ3n) is 3.36. The number of β-amino-alcohol motifs (C(OH)–C–C–N with tert-alkyl or cyclic N) is 1. The minimum Gasteiger partial charge on any atom is -0.481 e. The molecule has 122 valence electrons. The van der Waals surface area contributed by atoms with E-state index in [0.717, 1.165) is 0 Å². The Balaban J connectivity index is 2.30. The highest BCUT2D eigenvalue weighted by Gasteiger charge is 2.39. The Kier molecular flexibility index (Phi) is 4.55. The first kappa shape index (κ1) is 16.5. The number of aromatic nitrogens is 2. The van der Waals surface area contributed by atoms with E-state index < -0.39 is 17.8 Å². The van der Waals surface area contributed by atoms with Gasteiger partial charge >= 0.3 is 6.09 Å². The summed E-state index contributed by atoms with van der Waals surface area (Å²) in [5.74, 6) is 1.00. The van der Waals surface area contributed by atoms with E-state index in [2.05, 4.69) is 9.97 Å². The number of methoxy groups -OCH3 is 1. The Bertz CT molecular complexity index is 556. The van der Waals surface area contributed by atoms with Gasteiger partial charge in [0.1, 0.15) is 11.4 Å². The number of rotatable bonds is 2. The van der Waals surface area contributed by atoms with Gasteiger partial charge in [0, 0.05) is 12.6 Å². The van der Waals surface area contributed by atoms with E-state index in [0.29, 0.717) is 23.7 Å². The summed E-state index contributed by atoms with van der Waals surface area (Å²) in [6.45, 7) is 7.41. The molecule has 1 fully saturated rings. The predicted octanol–water partition coefficient (Wildman–Crippen LogP) is 1.84. The second kappa shape index (κ2) is 6.08. The van der Waals surface area contributed by atoms with Crippen molar-refractivity contribution < 1.29 is 19.4 Å². The lowest BCUT2D eigenvalue weighted by molar-refractivity contribution is 0.0205. The number of aryl methyl sites for hydroxylation is 1. The summed E-state index contributed by atoms with van der Waals surface area (Å²) in [6.07, 6.45) is 0.976. The third-order valence-corrected chi connectivity index (χ3v) is 3.36. The lowest BCUT2D eigenvalue weighted by Gasteiger charge is -2.28. The third kappa shape index (κ3) is 3.65.